The largest absolute Gasteiger partial charge is 0.369 e. The maximum absolute atomic E-state index is 13.3. The molecule has 1 aromatic carbocycles. The van der Waals surface area contributed by atoms with Crippen LogP contribution in [0.1, 0.15) is 37.1 Å². The van der Waals surface area contributed by atoms with E-state index >= 15 is 0 Å². The smallest absolute Gasteiger partial charge is 0.222 e. The molecular formula is C23H26FN5O2. The number of benzene rings is 1. The number of pyridine rings is 1. The number of piperidine rings is 1. The van der Waals surface area contributed by atoms with Crippen molar-refractivity contribution in [3.63, 3.8) is 0 Å². The van der Waals surface area contributed by atoms with Crippen LogP contribution in [0.25, 0.3) is 11.2 Å². The lowest BCUT2D eigenvalue weighted by atomic mass is 9.96. The molecule has 31 heavy (non-hydrogen) atoms. The van der Waals surface area contributed by atoms with E-state index in [1.54, 1.807) is 18.3 Å². The van der Waals surface area contributed by atoms with Gasteiger partial charge in [-0.1, -0.05) is 12.1 Å². The summed E-state index contributed by atoms with van der Waals surface area (Å²) in [5.41, 5.74) is 7.91. The minimum atomic E-state index is -0.277. The van der Waals surface area contributed by atoms with Gasteiger partial charge in [-0.25, -0.2) is 14.4 Å². The van der Waals surface area contributed by atoms with E-state index in [1.807, 2.05) is 21.6 Å². The van der Waals surface area contributed by atoms with Crippen LogP contribution in [0.15, 0.2) is 42.6 Å². The summed E-state index contributed by atoms with van der Waals surface area (Å²) in [5.74, 6) is 0.292. The number of aromatic nitrogens is 3. The number of carbonyl (C=O) groups is 2. The molecule has 162 valence electrons. The van der Waals surface area contributed by atoms with Crippen molar-refractivity contribution in [1.82, 2.24) is 19.4 Å². The van der Waals surface area contributed by atoms with Gasteiger partial charge in [0.05, 0.1) is 6.54 Å². The molecule has 0 saturated carbocycles. The predicted molar refractivity (Wildman–Crippen MR) is 114 cm³/mol. The summed E-state index contributed by atoms with van der Waals surface area (Å²) in [4.78, 5) is 34.9. The Labute approximate surface area is 180 Å². The van der Waals surface area contributed by atoms with Gasteiger partial charge in [-0.3, -0.25) is 9.59 Å². The van der Waals surface area contributed by atoms with Gasteiger partial charge in [-0.2, -0.15) is 0 Å². The van der Waals surface area contributed by atoms with Crippen molar-refractivity contribution in [1.29, 1.82) is 0 Å². The number of nitrogens with zero attached hydrogens (tertiary/aromatic N) is 4. The summed E-state index contributed by atoms with van der Waals surface area (Å²) in [6, 6.07) is 10.2. The van der Waals surface area contributed by atoms with Crippen LogP contribution in [0.3, 0.4) is 0 Å². The zero-order valence-corrected chi connectivity index (χ0v) is 17.3. The molecule has 1 saturated heterocycles. The number of imidazole rings is 1. The van der Waals surface area contributed by atoms with E-state index in [9.17, 15) is 14.0 Å². The zero-order chi connectivity index (χ0) is 21.8. The zero-order valence-electron chi connectivity index (χ0n) is 17.3. The van der Waals surface area contributed by atoms with Crippen molar-refractivity contribution in [2.75, 3.05) is 13.1 Å². The van der Waals surface area contributed by atoms with E-state index in [0.717, 1.165) is 22.6 Å². The molecule has 2 aromatic heterocycles. The van der Waals surface area contributed by atoms with Gasteiger partial charge in [0.2, 0.25) is 11.8 Å². The number of halogens is 1. The third-order valence-electron chi connectivity index (χ3n) is 5.88. The van der Waals surface area contributed by atoms with Crippen molar-refractivity contribution in [2.24, 2.45) is 11.7 Å². The standard InChI is InChI=1S/C23H26FN5O2/c24-18-8-6-16(7-9-18)15-29-20(27-19-3-2-12-26-23(19)29)4-1-5-21(30)28-13-10-17(11-14-28)22(25)31/h2-3,6-9,12,17H,1,4-5,10-11,13-15H2,(H2,25,31). The molecule has 8 heteroatoms. The highest BCUT2D eigenvalue weighted by Gasteiger charge is 2.25. The highest BCUT2D eigenvalue weighted by molar-refractivity contribution is 5.79. The molecule has 0 aliphatic carbocycles. The average molecular weight is 423 g/mol. The van der Waals surface area contributed by atoms with Gasteiger partial charge in [0.15, 0.2) is 5.65 Å². The Balaban J connectivity index is 1.41. The van der Waals surface area contributed by atoms with Crippen molar-refractivity contribution >= 4 is 23.0 Å². The molecule has 2 N–H and O–H groups in total. The summed E-state index contributed by atoms with van der Waals surface area (Å²) >= 11 is 0. The Kier molecular flexibility index (Phi) is 6.25. The van der Waals surface area contributed by atoms with E-state index in [2.05, 4.69) is 4.98 Å². The number of amides is 2. The first kappa shape index (κ1) is 21.0. The number of rotatable bonds is 7. The summed E-state index contributed by atoms with van der Waals surface area (Å²) in [6.07, 6.45) is 4.74. The lowest BCUT2D eigenvalue weighted by molar-refractivity contribution is -0.134. The first-order chi connectivity index (χ1) is 15.0. The fourth-order valence-corrected chi connectivity index (χ4v) is 4.10. The number of aryl methyl sites for hydroxylation is 1. The summed E-state index contributed by atoms with van der Waals surface area (Å²) in [5, 5.41) is 0. The van der Waals surface area contributed by atoms with Crippen LogP contribution in [0.2, 0.25) is 0 Å². The third kappa shape index (κ3) is 4.90. The number of likely N-dealkylation sites (tertiary alicyclic amines) is 1. The molecule has 1 aliphatic heterocycles. The average Bonchev–Trinajstić information content (AvgIpc) is 3.12. The first-order valence-corrected chi connectivity index (χ1v) is 10.6. The van der Waals surface area contributed by atoms with Crippen molar-refractivity contribution in [3.05, 3.63) is 59.8 Å². The number of primary amides is 1. The molecule has 0 bridgehead atoms. The third-order valence-corrected chi connectivity index (χ3v) is 5.88. The molecule has 1 fully saturated rings. The van der Waals surface area contributed by atoms with Gasteiger partial charge in [0.25, 0.3) is 0 Å². The van der Waals surface area contributed by atoms with Crippen molar-refractivity contribution < 1.29 is 14.0 Å². The van der Waals surface area contributed by atoms with Gasteiger partial charge < -0.3 is 15.2 Å². The minimum absolute atomic E-state index is 0.0993. The quantitative estimate of drug-likeness (QED) is 0.632. The van der Waals surface area contributed by atoms with E-state index in [1.165, 1.54) is 12.1 Å². The second kappa shape index (κ2) is 9.24. The normalized spacial score (nSPS) is 14.8. The molecule has 0 radical (unpaired) electrons. The fourth-order valence-electron chi connectivity index (χ4n) is 4.10. The SMILES string of the molecule is NC(=O)C1CCN(C(=O)CCCc2nc3cccnc3n2Cc2ccc(F)cc2)CC1. The van der Waals surface area contributed by atoms with Gasteiger partial charge in [-0.15, -0.1) is 0 Å². The van der Waals surface area contributed by atoms with Crippen LogP contribution in [-0.4, -0.2) is 44.3 Å². The highest BCUT2D eigenvalue weighted by atomic mass is 19.1. The maximum Gasteiger partial charge on any atom is 0.222 e. The molecule has 0 spiro atoms. The maximum atomic E-state index is 13.3. The Bertz CT molecular complexity index is 1070. The highest BCUT2D eigenvalue weighted by Crippen LogP contribution is 2.20. The fraction of sp³-hybridized carbons (Fsp3) is 0.391. The monoisotopic (exact) mass is 423 g/mol. The number of carbonyl (C=O) groups excluding carboxylic acids is 2. The number of nitrogens with two attached hydrogens (primary N) is 1. The van der Waals surface area contributed by atoms with Crippen LogP contribution in [0.5, 0.6) is 0 Å². The summed E-state index contributed by atoms with van der Waals surface area (Å²) in [7, 11) is 0. The van der Waals surface area contributed by atoms with Crippen LogP contribution in [-0.2, 0) is 22.6 Å². The van der Waals surface area contributed by atoms with Gasteiger partial charge in [-0.05, 0) is 49.1 Å². The number of hydrogen-bond donors (Lipinski definition) is 1. The lowest BCUT2D eigenvalue weighted by Crippen LogP contribution is -2.41. The van der Waals surface area contributed by atoms with E-state index in [0.29, 0.717) is 51.7 Å². The molecular weight excluding hydrogens is 397 g/mol. The Morgan fingerprint density at radius 1 is 1.13 bits per heavy atom. The molecule has 1 aliphatic rings. The molecule has 2 amide bonds. The van der Waals surface area contributed by atoms with Gasteiger partial charge in [0.1, 0.15) is 17.2 Å². The summed E-state index contributed by atoms with van der Waals surface area (Å²) < 4.78 is 15.3. The Morgan fingerprint density at radius 3 is 2.58 bits per heavy atom. The van der Waals surface area contributed by atoms with Crippen molar-refractivity contribution in [3.8, 4) is 0 Å². The van der Waals surface area contributed by atoms with Crippen LogP contribution in [0, 0.1) is 11.7 Å². The van der Waals surface area contributed by atoms with Crippen molar-refractivity contribution in [2.45, 2.75) is 38.6 Å². The number of hydrogen-bond acceptors (Lipinski definition) is 4. The van der Waals surface area contributed by atoms with Gasteiger partial charge in [0, 0.05) is 38.0 Å². The Morgan fingerprint density at radius 2 is 1.87 bits per heavy atom. The molecule has 0 unspecified atom stereocenters. The lowest BCUT2D eigenvalue weighted by Gasteiger charge is -2.30. The Hall–Kier alpha value is -3.29. The van der Waals surface area contributed by atoms with E-state index in [-0.39, 0.29) is 23.5 Å². The molecule has 3 aromatic rings. The van der Waals surface area contributed by atoms with Crippen LogP contribution >= 0.6 is 0 Å². The van der Waals surface area contributed by atoms with Gasteiger partial charge >= 0.3 is 0 Å². The second-order valence-corrected chi connectivity index (χ2v) is 8.00. The summed E-state index contributed by atoms with van der Waals surface area (Å²) in [6.45, 7) is 1.70. The topological polar surface area (TPSA) is 94.1 Å². The second-order valence-electron chi connectivity index (χ2n) is 8.00. The number of fused-ring (bicyclic) bond motifs is 1. The van der Waals surface area contributed by atoms with Crippen LogP contribution < -0.4 is 5.73 Å². The molecule has 0 atom stereocenters. The van der Waals surface area contributed by atoms with E-state index < -0.39 is 0 Å². The molecule has 4 rings (SSSR count). The van der Waals surface area contributed by atoms with E-state index in [4.69, 9.17) is 10.7 Å². The molecule has 3 heterocycles. The van der Waals surface area contributed by atoms with Crippen LogP contribution in [0.4, 0.5) is 4.39 Å². The first-order valence-electron chi connectivity index (χ1n) is 10.6. The minimum Gasteiger partial charge on any atom is -0.369 e. The predicted octanol–water partition coefficient (Wildman–Crippen LogP) is 2.67. The molecule has 7 nitrogen and oxygen atoms in total.